The SMILES string of the molecule is Cc1ccc(NC(=S)N(C)c2ccc3ccccc3c2)cc1F. The zero-order valence-corrected chi connectivity index (χ0v) is 13.8. The largest absolute Gasteiger partial charge is 0.332 e. The molecule has 3 aromatic carbocycles. The average molecular weight is 324 g/mol. The molecule has 116 valence electrons. The van der Waals surface area contributed by atoms with Gasteiger partial charge in [-0.05, 0) is 59.7 Å². The second-order valence-electron chi connectivity index (χ2n) is 5.48. The monoisotopic (exact) mass is 324 g/mol. The lowest BCUT2D eigenvalue weighted by molar-refractivity contribution is 0.619. The number of aryl methyl sites for hydroxylation is 1. The van der Waals surface area contributed by atoms with E-state index in [4.69, 9.17) is 12.2 Å². The molecule has 0 aliphatic carbocycles. The molecule has 2 nitrogen and oxygen atoms in total. The second-order valence-corrected chi connectivity index (χ2v) is 5.87. The van der Waals surface area contributed by atoms with E-state index in [0.29, 0.717) is 16.4 Å². The van der Waals surface area contributed by atoms with Crippen LogP contribution in [0.25, 0.3) is 10.8 Å². The summed E-state index contributed by atoms with van der Waals surface area (Å²) in [5, 5.41) is 5.93. The molecule has 0 spiro atoms. The number of thiocarbonyl (C=S) groups is 1. The van der Waals surface area contributed by atoms with Gasteiger partial charge in [-0.1, -0.05) is 36.4 Å². The number of halogens is 1. The van der Waals surface area contributed by atoms with Crippen molar-refractivity contribution >= 4 is 39.5 Å². The second kappa shape index (κ2) is 6.34. The van der Waals surface area contributed by atoms with Gasteiger partial charge in [-0.15, -0.1) is 0 Å². The number of hydrogen-bond donors (Lipinski definition) is 1. The Morgan fingerprint density at radius 1 is 1.00 bits per heavy atom. The van der Waals surface area contributed by atoms with Crippen LogP contribution in [0.5, 0.6) is 0 Å². The van der Waals surface area contributed by atoms with Gasteiger partial charge in [0, 0.05) is 18.4 Å². The van der Waals surface area contributed by atoms with Crippen LogP contribution >= 0.6 is 12.2 Å². The minimum Gasteiger partial charge on any atom is -0.332 e. The van der Waals surface area contributed by atoms with Crippen molar-refractivity contribution in [1.29, 1.82) is 0 Å². The number of benzene rings is 3. The minimum absolute atomic E-state index is 0.244. The highest BCUT2D eigenvalue weighted by Gasteiger charge is 2.09. The van der Waals surface area contributed by atoms with Gasteiger partial charge in [-0.3, -0.25) is 0 Å². The van der Waals surface area contributed by atoms with Gasteiger partial charge in [0.2, 0.25) is 0 Å². The van der Waals surface area contributed by atoms with Crippen molar-refractivity contribution in [3.63, 3.8) is 0 Å². The Kier molecular flexibility index (Phi) is 4.26. The van der Waals surface area contributed by atoms with Gasteiger partial charge in [-0.25, -0.2) is 4.39 Å². The van der Waals surface area contributed by atoms with Crippen LogP contribution in [-0.2, 0) is 0 Å². The minimum atomic E-state index is -0.244. The Morgan fingerprint density at radius 2 is 1.74 bits per heavy atom. The molecular formula is C19H17FN2S. The number of fused-ring (bicyclic) bond motifs is 1. The maximum Gasteiger partial charge on any atom is 0.177 e. The molecule has 1 N–H and O–H groups in total. The Labute approximate surface area is 140 Å². The summed E-state index contributed by atoms with van der Waals surface area (Å²) in [6, 6.07) is 19.3. The molecule has 0 heterocycles. The van der Waals surface area contributed by atoms with E-state index in [-0.39, 0.29) is 5.82 Å². The third kappa shape index (κ3) is 3.32. The van der Waals surface area contributed by atoms with Crippen molar-refractivity contribution in [3.8, 4) is 0 Å². The zero-order chi connectivity index (χ0) is 16.4. The van der Waals surface area contributed by atoms with Crippen molar-refractivity contribution in [2.24, 2.45) is 0 Å². The molecule has 0 aliphatic rings. The fourth-order valence-electron chi connectivity index (χ4n) is 2.38. The van der Waals surface area contributed by atoms with E-state index in [1.165, 1.54) is 11.5 Å². The van der Waals surface area contributed by atoms with Crippen LogP contribution in [0.4, 0.5) is 15.8 Å². The van der Waals surface area contributed by atoms with Crippen molar-refractivity contribution in [2.45, 2.75) is 6.92 Å². The first kappa shape index (κ1) is 15.4. The molecule has 0 radical (unpaired) electrons. The van der Waals surface area contributed by atoms with Crippen molar-refractivity contribution < 1.29 is 4.39 Å². The fourth-order valence-corrected chi connectivity index (χ4v) is 2.60. The molecule has 0 atom stereocenters. The van der Waals surface area contributed by atoms with E-state index < -0.39 is 0 Å². The van der Waals surface area contributed by atoms with Crippen molar-refractivity contribution in [3.05, 3.63) is 72.0 Å². The molecule has 23 heavy (non-hydrogen) atoms. The summed E-state index contributed by atoms with van der Waals surface area (Å²) in [5.74, 6) is -0.244. The molecule has 0 unspecified atom stereocenters. The normalized spacial score (nSPS) is 10.6. The predicted octanol–water partition coefficient (Wildman–Crippen LogP) is 5.12. The standard InChI is InChI=1S/C19H17FN2S/c1-13-7-9-16(12-18(13)20)21-19(23)22(2)17-10-8-14-5-3-4-6-15(14)11-17/h3-12H,1-2H3,(H,21,23). The maximum absolute atomic E-state index is 13.6. The zero-order valence-electron chi connectivity index (χ0n) is 13.0. The van der Waals surface area contributed by atoms with Gasteiger partial charge < -0.3 is 10.2 Å². The average Bonchev–Trinajstić information content (AvgIpc) is 2.57. The lowest BCUT2D eigenvalue weighted by atomic mass is 10.1. The molecule has 3 rings (SSSR count). The Balaban J connectivity index is 1.81. The molecule has 0 saturated carbocycles. The molecule has 0 bridgehead atoms. The Hall–Kier alpha value is -2.46. The third-order valence-electron chi connectivity index (χ3n) is 3.85. The van der Waals surface area contributed by atoms with Gasteiger partial charge in [-0.2, -0.15) is 0 Å². The molecule has 0 amide bonds. The quantitative estimate of drug-likeness (QED) is 0.659. The van der Waals surface area contributed by atoms with Crippen LogP contribution in [0.2, 0.25) is 0 Å². The van der Waals surface area contributed by atoms with Crippen LogP contribution < -0.4 is 10.2 Å². The molecule has 0 aromatic heterocycles. The molecule has 4 heteroatoms. The molecular weight excluding hydrogens is 307 g/mol. The lowest BCUT2D eigenvalue weighted by Gasteiger charge is -2.21. The van der Waals surface area contributed by atoms with Crippen molar-refractivity contribution in [2.75, 3.05) is 17.3 Å². The van der Waals surface area contributed by atoms with Gasteiger partial charge in [0.1, 0.15) is 5.82 Å². The van der Waals surface area contributed by atoms with E-state index >= 15 is 0 Å². The van der Waals surface area contributed by atoms with Crippen LogP contribution in [0.1, 0.15) is 5.56 Å². The fraction of sp³-hybridized carbons (Fsp3) is 0.105. The lowest BCUT2D eigenvalue weighted by Crippen LogP contribution is -2.30. The number of hydrogen-bond acceptors (Lipinski definition) is 1. The number of nitrogens with one attached hydrogen (secondary N) is 1. The number of rotatable bonds is 2. The van der Waals surface area contributed by atoms with E-state index in [2.05, 4.69) is 29.6 Å². The Morgan fingerprint density at radius 3 is 2.48 bits per heavy atom. The van der Waals surface area contributed by atoms with Crippen LogP contribution in [0, 0.1) is 12.7 Å². The Bertz CT molecular complexity index is 876. The first-order valence-electron chi connectivity index (χ1n) is 7.34. The molecule has 3 aromatic rings. The third-order valence-corrected chi connectivity index (χ3v) is 4.22. The van der Waals surface area contributed by atoms with Crippen LogP contribution in [-0.4, -0.2) is 12.2 Å². The van der Waals surface area contributed by atoms with E-state index in [1.54, 1.807) is 13.0 Å². The number of nitrogens with zero attached hydrogens (tertiary/aromatic N) is 1. The summed E-state index contributed by atoms with van der Waals surface area (Å²) in [4.78, 5) is 1.87. The summed E-state index contributed by atoms with van der Waals surface area (Å²) >= 11 is 5.43. The summed E-state index contributed by atoms with van der Waals surface area (Å²) in [5.41, 5.74) is 2.24. The van der Waals surface area contributed by atoms with Crippen LogP contribution in [0.15, 0.2) is 60.7 Å². The van der Waals surface area contributed by atoms with Crippen LogP contribution in [0.3, 0.4) is 0 Å². The summed E-state index contributed by atoms with van der Waals surface area (Å²) < 4.78 is 13.6. The summed E-state index contributed by atoms with van der Waals surface area (Å²) in [7, 11) is 1.89. The topological polar surface area (TPSA) is 15.3 Å². The molecule has 0 aliphatic heterocycles. The van der Waals surface area contributed by atoms with E-state index in [1.807, 2.05) is 36.2 Å². The smallest absolute Gasteiger partial charge is 0.177 e. The summed E-state index contributed by atoms with van der Waals surface area (Å²) in [6.07, 6.45) is 0. The van der Waals surface area contributed by atoms with E-state index in [0.717, 1.165) is 11.1 Å². The predicted molar refractivity (Wildman–Crippen MR) is 99.7 cm³/mol. The van der Waals surface area contributed by atoms with Gasteiger partial charge in [0.25, 0.3) is 0 Å². The molecule has 0 saturated heterocycles. The van der Waals surface area contributed by atoms with Gasteiger partial charge >= 0.3 is 0 Å². The first-order chi connectivity index (χ1) is 11.0. The molecule has 0 fully saturated rings. The highest BCUT2D eigenvalue weighted by Crippen LogP contribution is 2.22. The first-order valence-corrected chi connectivity index (χ1v) is 7.75. The summed E-state index contributed by atoms with van der Waals surface area (Å²) in [6.45, 7) is 1.73. The van der Waals surface area contributed by atoms with E-state index in [9.17, 15) is 4.39 Å². The van der Waals surface area contributed by atoms with Gasteiger partial charge in [0.15, 0.2) is 5.11 Å². The highest BCUT2D eigenvalue weighted by molar-refractivity contribution is 7.80. The van der Waals surface area contributed by atoms with Crippen molar-refractivity contribution in [1.82, 2.24) is 0 Å². The highest BCUT2D eigenvalue weighted by atomic mass is 32.1. The number of anilines is 2. The maximum atomic E-state index is 13.6. The van der Waals surface area contributed by atoms with Gasteiger partial charge in [0.05, 0.1) is 0 Å².